The van der Waals surface area contributed by atoms with Gasteiger partial charge in [-0.25, -0.2) is 9.79 Å². The molecule has 0 saturated heterocycles. The maximum atomic E-state index is 13.9. The minimum Gasteiger partial charge on any atom is -0.482 e. The number of carbonyl (C=O) groups excluding carboxylic acids is 1. The summed E-state index contributed by atoms with van der Waals surface area (Å²) in [5.41, 5.74) is 4.07. The summed E-state index contributed by atoms with van der Waals surface area (Å²) >= 11 is 1.26. The lowest BCUT2D eigenvalue weighted by molar-refractivity contribution is -0.139. The number of para-hydroxylation sites is 1. The van der Waals surface area contributed by atoms with E-state index in [4.69, 9.17) is 14.8 Å². The summed E-state index contributed by atoms with van der Waals surface area (Å²) in [4.78, 5) is 43.5. The molecule has 0 saturated carbocycles. The van der Waals surface area contributed by atoms with E-state index in [1.54, 1.807) is 41.8 Å². The lowest BCUT2D eigenvalue weighted by Crippen LogP contribution is -2.40. The number of carboxylic acid groups (broad SMARTS) is 1. The SMILES string of the molecule is CC1=C(C(=O)Nc2ccccc2)C(c2ccc(C(C)C)cc2)n2c(sc(=Cc3ccc(OCC(=O)O)cc3)c2=O)=N1. The summed E-state index contributed by atoms with van der Waals surface area (Å²) in [5.74, 6) is -0.622. The first kappa shape index (κ1) is 27.8. The van der Waals surface area contributed by atoms with Crippen LogP contribution in [0.2, 0.25) is 0 Å². The first-order chi connectivity index (χ1) is 19.7. The van der Waals surface area contributed by atoms with E-state index in [-0.39, 0.29) is 11.5 Å². The summed E-state index contributed by atoms with van der Waals surface area (Å²) in [6, 6.07) is 23.4. The average molecular weight is 568 g/mol. The Morgan fingerprint density at radius 1 is 1.05 bits per heavy atom. The molecule has 1 aliphatic rings. The topological polar surface area (TPSA) is 110 Å². The molecule has 1 aromatic heterocycles. The van der Waals surface area contributed by atoms with E-state index in [0.717, 1.165) is 16.7 Å². The van der Waals surface area contributed by atoms with Crippen molar-refractivity contribution in [3.63, 3.8) is 0 Å². The molecule has 4 aromatic rings. The van der Waals surface area contributed by atoms with Crippen molar-refractivity contribution < 1.29 is 19.4 Å². The van der Waals surface area contributed by atoms with Crippen LogP contribution in [0.25, 0.3) is 6.08 Å². The predicted molar refractivity (Wildman–Crippen MR) is 159 cm³/mol. The van der Waals surface area contributed by atoms with Crippen molar-refractivity contribution in [3.05, 3.63) is 127 Å². The van der Waals surface area contributed by atoms with Crippen LogP contribution >= 0.6 is 11.3 Å². The molecule has 208 valence electrons. The van der Waals surface area contributed by atoms with E-state index < -0.39 is 18.6 Å². The normalized spacial score (nSPS) is 14.9. The fraction of sp³-hybridized carbons (Fsp3) is 0.188. The maximum Gasteiger partial charge on any atom is 0.341 e. The second kappa shape index (κ2) is 11.8. The first-order valence-corrected chi connectivity index (χ1v) is 14.0. The molecular weight excluding hydrogens is 538 g/mol. The fourth-order valence-electron chi connectivity index (χ4n) is 4.67. The van der Waals surface area contributed by atoms with Crippen molar-refractivity contribution in [2.24, 2.45) is 4.99 Å². The molecule has 1 amide bonds. The second-order valence-electron chi connectivity index (χ2n) is 9.97. The van der Waals surface area contributed by atoms with Gasteiger partial charge in [0.2, 0.25) is 0 Å². The van der Waals surface area contributed by atoms with Gasteiger partial charge in [-0.05, 0) is 59.9 Å². The minimum absolute atomic E-state index is 0.254. The molecule has 0 radical (unpaired) electrons. The van der Waals surface area contributed by atoms with Crippen molar-refractivity contribution in [1.82, 2.24) is 4.57 Å². The number of hydrogen-bond acceptors (Lipinski definition) is 6. The third-order valence-electron chi connectivity index (χ3n) is 6.76. The number of anilines is 1. The maximum absolute atomic E-state index is 13.9. The molecule has 9 heteroatoms. The van der Waals surface area contributed by atoms with Gasteiger partial charge in [-0.3, -0.25) is 14.2 Å². The van der Waals surface area contributed by atoms with Gasteiger partial charge in [-0.1, -0.05) is 79.8 Å². The molecule has 2 N–H and O–H groups in total. The number of benzene rings is 3. The molecule has 5 rings (SSSR count). The zero-order valence-electron chi connectivity index (χ0n) is 22.8. The number of nitrogens with one attached hydrogen (secondary N) is 1. The van der Waals surface area contributed by atoms with E-state index >= 15 is 0 Å². The number of carbonyl (C=O) groups is 2. The molecule has 1 unspecified atom stereocenters. The van der Waals surface area contributed by atoms with Gasteiger partial charge in [0, 0.05) is 5.69 Å². The Hall–Kier alpha value is -4.76. The number of hydrogen-bond donors (Lipinski definition) is 2. The van der Waals surface area contributed by atoms with Gasteiger partial charge < -0.3 is 15.2 Å². The van der Waals surface area contributed by atoms with Crippen LogP contribution in [0, 0.1) is 0 Å². The van der Waals surface area contributed by atoms with Gasteiger partial charge in [-0.15, -0.1) is 0 Å². The van der Waals surface area contributed by atoms with Gasteiger partial charge in [0.1, 0.15) is 5.75 Å². The van der Waals surface area contributed by atoms with Crippen molar-refractivity contribution in [2.75, 3.05) is 11.9 Å². The first-order valence-electron chi connectivity index (χ1n) is 13.1. The highest BCUT2D eigenvalue weighted by molar-refractivity contribution is 7.07. The van der Waals surface area contributed by atoms with Crippen molar-refractivity contribution in [2.45, 2.75) is 32.7 Å². The standard InChI is InChI=1S/C32H29N3O5S/c1-19(2)22-11-13-23(14-12-22)29-28(30(38)34-24-7-5-4-6-8-24)20(3)33-32-35(29)31(39)26(41-32)17-21-9-15-25(16-10-21)40-18-27(36)37/h4-17,19,29H,18H2,1-3H3,(H,34,38)(H,36,37). The summed E-state index contributed by atoms with van der Waals surface area (Å²) in [6.07, 6.45) is 1.76. The van der Waals surface area contributed by atoms with Crippen LogP contribution in [0.1, 0.15) is 49.4 Å². The quantitative estimate of drug-likeness (QED) is 0.327. The zero-order valence-corrected chi connectivity index (χ0v) is 23.6. The largest absolute Gasteiger partial charge is 0.482 e. The van der Waals surface area contributed by atoms with Crippen molar-refractivity contribution >= 4 is 35.0 Å². The fourth-order valence-corrected chi connectivity index (χ4v) is 5.71. The Kier molecular flexibility index (Phi) is 7.98. The molecular formula is C32H29N3O5S. The Labute approximate surface area is 240 Å². The Balaban J connectivity index is 1.59. The third kappa shape index (κ3) is 6.05. The summed E-state index contributed by atoms with van der Waals surface area (Å²) in [6.45, 7) is 5.59. The monoisotopic (exact) mass is 567 g/mol. The van der Waals surface area contributed by atoms with Crippen LogP contribution in [-0.4, -0.2) is 28.2 Å². The Morgan fingerprint density at radius 3 is 2.37 bits per heavy atom. The van der Waals surface area contributed by atoms with Crippen LogP contribution in [0.15, 0.2) is 99.9 Å². The number of aromatic nitrogens is 1. The van der Waals surface area contributed by atoms with Crippen LogP contribution in [-0.2, 0) is 9.59 Å². The summed E-state index contributed by atoms with van der Waals surface area (Å²) < 4.78 is 7.26. The number of ether oxygens (including phenoxy) is 1. The van der Waals surface area contributed by atoms with E-state index in [9.17, 15) is 14.4 Å². The predicted octanol–water partition coefficient (Wildman–Crippen LogP) is 4.46. The molecule has 0 spiro atoms. The number of fused-ring (bicyclic) bond motifs is 1. The minimum atomic E-state index is -1.06. The molecule has 1 aliphatic heterocycles. The number of nitrogens with zero attached hydrogens (tertiary/aromatic N) is 2. The van der Waals surface area contributed by atoms with E-state index in [1.807, 2.05) is 54.6 Å². The molecule has 1 atom stereocenters. The number of thiazole rings is 1. The number of allylic oxidation sites excluding steroid dienone is 1. The lowest BCUT2D eigenvalue weighted by Gasteiger charge is -2.25. The Bertz CT molecular complexity index is 1800. The molecule has 0 fully saturated rings. The smallest absolute Gasteiger partial charge is 0.341 e. The zero-order chi connectivity index (χ0) is 29.1. The second-order valence-corrected chi connectivity index (χ2v) is 11.0. The van der Waals surface area contributed by atoms with Gasteiger partial charge in [0.15, 0.2) is 11.4 Å². The van der Waals surface area contributed by atoms with Crippen molar-refractivity contribution in [3.8, 4) is 5.75 Å². The van der Waals surface area contributed by atoms with Crippen LogP contribution in [0.5, 0.6) is 5.75 Å². The Morgan fingerprint density at radius 2 is 1.73 bits per heavy atom. The van der Waals surface area contributed by atoms with Crippen molar-refractivity contribution in [1.29, 1.82) is 0 Å². The van der Waals surface area contributed by atoms with Gasteiger partial charge in [0.05, 0.1) is 21.8 Å². The number of carboxylic acids is 1. The van der Waals surface area contributed by atoms with Gasteiger partial charge in [0.25, 0.3) is 11.5 Å². The highest BCUT2D eigenvalue weighted by Crippen LogP contribution is 2.31. The summed E-state index contributed by atoms with van der Waals surface area (Å²) in [5, 5.41) is 11.8. The third-order valence-corrected chi connectivity index (χ3v) is 7.74. The number of amides is 1. The van der Waals surface area contributed by atoms with Gasteiger partial charge >= 0.3 is 5.97 Å². The number of rotatable bonds is 8. The van der Waals surface area contributed by atoms with E-state index in [0.29, 0.717) is 38.0 Å². The number of aliphatic carboxylic acids is 1. The van der Waals surface area contributed by atoms with E-state index in [1.165, 1.54) is 11.3 Å². The lowest BCUT2D eigenvalue weighted by atomic mass is 9.93. The highest BCUT2D eigenvalue weighted by Gasteiger charge is 2.32. The molecule has 0 aliphatic carbocycles. The molecule has 8 nitrogen and oxygen atoms in total. The van der Waals surface area contributed by atoms with Gasteiger partial charge in [-0.2, -0.15) is 0 Å². The van der Waals surface area contributed by atoms with Crippen LogP contribution in [0.3, 0.4) is 0 Å². The summed E-state index contributed by atoms with van der Waals surface area (Å²) in [7, 11) is 0. The molecule has 2 heterocycles. The van der Waals surface area contributed by atoms with Crippen LogP contribution in [0.4, 0.5) is 5.69 Å². The highest BCUT2D eigenvalue weighted by atomic mass is 32.1. The average Bonchev–Trinajstić information content (AvgIpc) is 3.26. The molecule has 0 bridgehead atoms. The molecule has 41 heavy (non-hydrogen) atoms. The van der Waals surface area contributed by atoms with Crippen LogP contribution < -0.4 is 24.9 Å². The molecule has 3 aromatic carbocycles. The van der Waals surface area contributed by atoms with E-state index in [2.05, 4.69) is 19.2 Å².